The SMILES string of the molecule is CCCCCCCC/C=C\CCCCCCCC(=O)NCC(=O)N1CCNCC1. The maximum Gasteiger partial charge on any atom is 0.242 e. The number of piperazine rings is 1. The van der Waals surface area contributed by atoms with Crippen molar-refractivity contribution in [3.63, 3.8) is 0 Å². The number of allylic oxidation sites excluding steroid dienone is 2. The van der Waals surface area contributed by atoms with Crippen LogP contribution in [0, 0.1) is 0 Å². The molecule has 0 atom stereocenters. The normalized spacial score (nSPS) is 14.4. The number of nitrogens with zero attached hydrogens (tertiary/aromatic N) is 1. The summed E-state index contributed by atoms with van der Waals surface area (Å²) < 4.78 is 0. The smallest absolute Gasteiger partial charge is 0.242 e. The summed E-state index contributed by atoms with van der Waals surface area (Å²) in [5.74, 6) is 0.0375. The Labute approximate surface area is 179 Å². The van der Waals surface area contributed by atoms with Gasteiger partial charge in [-0.2, -0.15) is 0 Å². The van der Waals surface area contributed by atoms with Gasteiger partial charge in [0, 0.05) is 32.6 Å². The molecule has 1 aliphatic rings. The van der Waals surface area contributed by atoms with Crippen molar-refractivity contribution in [3.8, 4) is 0 Å². The minimum Gasteiger partial charge on any atom is -0.347 e. The summed E-state index contributed by atoms with van der Waals surface area (Å²) >= 11 is 0. The topological polar surface area (TPSA) is 61.4 Å². The molecule has 2 N–H and O–H groups in total. The number of hydrogen-bond donors (Lipinski definition) is 2. The van der Waals surface area contributed by atoms with E-state index in [4.69, 9.17) is 0 Å². The van der Waals surface area contributed by atoms with Gasteiger partial charge in [-0.25, -0.2) is 0 Å². The fraction of sp³-hybridized carbons (Fsp3) is 0.833. The van der Waals surface area contributed by atoms with E-state index in [1.54, 1.807) is 0 Å². The van der Waals surface area contributed by atoms with Crippen molar-refractivity contribution in [2.45, 2.75) is 96.8 Å². The molecule has 0 aliphatic carbocycles. The first-order chi connectivity index (χ1) is 14.2. The highest BCUT2D eigenvalue weighted by Gasteiger charge is 2.16. The highest BCUT2D eigenvalue weighted by atomic mass is 16.2. The lowest BCUT2D eigenvalue weighted by Crippen LogP contribution is -2.49. The second-order valence-corrected chi connectivity index (χ2v) is 8.24. The Kier molecular flexibility index (Phi) is 16.5. The molecular weight excluding hydrogens is 362 g/mol. The molecule has 0 radical (unpaired) electrons. The molecule has 29 heavy (non-hydrogen) atoms. The van der Waals surface area contributed by atoms with Crippen molar-refractivity contribution in [3.05, 3.63) is 12.2 Å². The van der Waals surface area contributed by atoms with E-state index < -0.39 is 0 Å². The van der Waals surface area contributed by atoms with Crippen molar-refractivity contribution < 1.29 is 9.59 Å². The van der Waals surface area contributed by atoms with Crippen LogP contribution in [0.2, 0.25) is 0 Å². The minimum absolute atomic E-state index is 0.00566. The van der Waals surface area contributed by atoms with Gasteiger partial charge >= 0.3 is 0 Å². The Hall–Kier alpha value is -1.36. The molecule has 0 unspecified atom stereocenters. The van der Waals surface area contributed by atoms with Crippen molar-refractivity contribution in [1.82, 2.24) is 15.5 Å². The van der Waals surface area contributed by atoms with Crippen LogP contribution in [0.4, 0.5) is 0 Å². The van der Waals surface area contributed by atoms with Crippen LogP contribution >= 0.6 is 0 Å². The first kappa shape index (κ1) is 25.7. The molecule has 1 saturated heterocycles. The zero-order valence-corrected chi connectivity index (χ0v) is 18.9. The zero-order chi connectivity index (χ0) is 21.0. The summed E-state index contributed by atoms with van der Waals surface area (Å²) in [6.07, 6.45) is 21.6. The summed E-state index contributed by atoms with van der Waals surface area (Å²) in [5.41, 5.74) is 0. The molecule has 1 rings (SSSR count). The Morgan fingerprint density at radius 2 is 1.38 bits per heavy atom. The summed E-state index contributed by atoms with van der Waals surface area (Å²) in [6.45, 7) is 5.57. The third-order valence-corrected chi connectivity index (χ3v) is 5.57. The number of unbranched alkanes of at least 4 members (excludes halogenated alkanes) is 11. The number of carbonyl (C=O) groups is 2. The molecule has 2 amide bonds. The Morgan fingerprint density at radius 1 is 0.828 bits per heavy atom. The molecule has 0 aromatic heterocycles. The first-order valence-corrected chi connectivity index (χ1v) is 12.1. The van der Waals surface area contributed by atoms with E-state index in [1.165, 1.54) is 70.6 Å². The van der Waals surface area contributed by atoms with E-state index in [-0.39, 0.29) is 18.4 Å². The summed E-state index contributed by atoms with van der Waals surface area (Å²) in [7, 11) is 0. The minimum atomic E-state index is 0.00566. The van der Waals surface area contributed by atoms with Gasteiger partial charge in [0.1, 0.15) is 0 Å². The van der Waals surface area contributed by atoms with Crippen LogP contribution in [0.5, 0.6) is 0 Å². The average Bonchev–Trinajstić information content (AvgIpc) is 2.75. The predicted molar refractivity (Wildman–Crippen MR) is 122 cm³/mol. The summed E-state index contributed by atoms with van der Waals surface area (Å²) in [6, 6.07) is 0. The molecule has 1 heterocycles. The molecule has 0 aromatic carbocycles. The van der Waals surface area contributed by atoms with Gasteiger partial charge in [-0.15, -0.1) is 0 Å². The Balaban J connectivity index is 1.83. The van der Waals surface area contributed by atoms with Crippen LogP contribution in [-0.2, 0) is 9.59 Å². The van der Waals surface area contributed by atoms with E-state index >= 15 is 0 Å². The fourth-order valence-corrected chi connectivity index (χ4v) is 3.64. The molecule has 168 valence electrons. The lowest BCUT2D eigenvalue weighted by atomic mass is 10.1. The molecule has 1 fully saturated rings. The summed E-state index contributed by atoms with van der Waals surface area (Å²) in [5, 5.41) is 5.99. The summed E-state index contributed by atoms with van der Waals surface area (Å²) in [4.78, 5) is 25.7. The van der Waals surface area contributed by atoms with Gasteiger partial charge in [0.2, 0.25) is 11.8 Å². The van der Waals surface area contributed by atoms with E-state index in [9.17, 15) is 9.59 Å². The quantitative estimate of drug-likeness (QED) is 0.274. The fourth-order valence-electron chi connectivity index (χ4n) is 3.64. The van der Waals surface area contributed by atoms with Gasteiger partial charge in [-0.05, 0) is 32.1 Å². The van der Waals surface area contributed by atoms with Gasteiger partial charge in [0.15, 0.2) is 0 Å². The van der Waals surface area contributed by atoms with Crippen LogP contribution in [0.25, 0.3) is 0 Å². The van der Waals surface area contributed by atoms with Gasteiger partial charge in [0.05, 0.1) is 6.54 Å². The molecule has 0 spiro atoms. The lowest BCUT2D eigenvalue weighted by molar-refractivity contribution is -0.133. The van der Waals surface area contributed by atoms with Crippen molar-refractivity contribution in [1.29, 1.82) is 0 Å². The highest BCUT2D eigenvalue weighted by Crippen LogP contribution is 2.10. The van der Waals surface area contributed by atoms with Crippen molar-refractivity contribution >= 4 is 11.8 Å². The predicted octanol–water partition coefficient (Wildman–Crippen LogP) is 4.57. The average molecular weight is 408 g/mol. The molecule has 5 heteroatoms. The lowest BCUT2D eigenvalue weighted by Gasteiger charge is -2.27. The van der Waals surface area contributed by atoms with Crippen LogP contribution in [-0.4, -0.2) is 49.4 Å². The Morgan fingerprint density at radius 3 is 2.00 bits per heavy atom. The zero-order valence-electron chi connectivity index (χ0n) is 18.9. The highest BCUT2D eigenvalue weighted by molar-refractivity contribution is 5.84. The molecular formula is C24H45N3O2. The molecule has 5 nitrogen and oxygen atoms in total. The Bertz CT molecular complexity index is 445. The van der Waals surface area contributed by atoms with Gasteiger partial charge in [-0.1, -0.05) is 70.4 Å². The largest absolute Gasteiger partial charge is 0.347 e. The van der Waals surface area contributed by atoms with Gasteiger partial charge in [0.25, 0.3) is 0 Å². The van der Waals surface area contributed by atoms with Gasteiger partial charge < -0.3 is 15.5 Å². The third kappa shape index (κ3) is 15.2. The van der Waals surface area contributed by atoms with E-state index in [1.807, 2.05) is 4.90 Å². The molecule has 0 saturated carbocycles. The number of rotatable bonds is 17. The molecule has 0 bridgehead atoms. The second-order valence-electron chi connectivity index (χ2n) is 8.24. The number of carbonyl (C=O) groups excluding carboxylic acids is 2. The number of amides is 2. The van der Waals surface area contributed by atoms with Crippen LogP contribution < -0.4 is 10.6 Å². The number of hydrogen-bond acceptors (Lipinski definition) is 3. The molecule has 1 aliphatic heterocycles. The number of nitrogens with one attached hydrogen (secondary N) is 2. The van der Waals surface area contributed by atoms with Crippen LogP contribution in [0.3, 0.4) is 0 Å². The maximum atomic E-state index is 12.0. The van der Waals surface area contributed by atoms with E-state index in [2.05, 4.69) is 29.7 Å². The van der Waals surface area contributed by atoms with Gasteiger partial charge in [-0.3, -0.25) is 9.59 Å². The monoisotopic (exact) mass is 407 g/mol. The first-order valence-electron chi connectivity index (χ1n) is 12.1. The van der Waals surface area contributed by atoms with Crippen molar-refractivity contribution in [2.75, 3.05) is 32.7 Å². The van der Waals surface area contributed by atoms with E-state index in [0.717, 1.165) is 39.0 Å². The standard InChI is InChI=1S/C24H45N3O2/c1-2-3-4-5-6-7-8-9-10-11-12-13-14-15-16-17-23(28)26-22-24(29)27-20-18-25-19-21-27/h9-10,25H,2-8,11-22H2,1H3,(H,26,28)/b10-9-. The molecule has 0 aromatic rings. The van der Waals surface area contributed by atoms with Crippen molar-refractivity contribution in [2.24, 2.45) is 0 Å². The van der Waals surface area contributed by atoms with Crippen LogP contribution in [0.1, 0.15) is 96.8 Å². The maximum absolute atomic E-state index is 12.0. The van der Waals surface area contributed by atoms with Crippen LogP contribution in [0.15, 0.2) is 12.2 Å². The van der Waals surface area contributed by atoms with E-state index in [0.29, 0.717) is 6.42 Å². The second kappa shape index (κ2) is 18.7. The third-order valence-electron chi connectivity index (χ3n) is 5.57.